The van der Waals surface area contributed by atoms with Gasteiger partial charge in [0.1, 0.15) is 0 Å². The molecule has 0 radical (unpaired) electrons. The topological polar surface area (TPSA) is 43.4 Å². The molecule has 0 aliphatic carbocycles. The summed E-state index contributed by atoms with van der Waals surface area (Å²) >= 11 is 0. The van der Waals surface area contributed by atoms with Gasteiger partial charge in [-0.2, -0.15) is 0 Å². The molecule has 1 unspecified atom stereocenters. The van der Waals surface area contributed by atoms with Crippen LogP contribution in [-0.2, 0) is 6.54 Å². The first kappa shape index (κ1) is 16.8. The molecule has 114 valence electrons. The normalized spacial score (nSPS) is 12.2. The average Bonchev–Trinajstić information content (AvgIpc) is 2.49. The van der Waals surface area contributed by atoms with Gasteiger partial charge in [0.2, 0.25) is 0 Å². The van der Waals surface area contributed by atoms with Gasteiger partial charge < -0.3 is 14.8 Å². The molecule has 0 amide bonds. The third-order valence-corrected chi connectivity index (χ3v) is 3.47. The van der Waals surface area contributed by atoms with Gasteiger partial charge in [-0.1, -0.05) is 33.1 Å². The summed E-state index contributed by atoms with van der Waals surface area (Å²) in [6, 6.07) is 2.38. The zero-order valence-corrected chi connectivity index (χ0v) is 13.2. The molecule has 0 fully saturated rings. The molecule has 1 atom stereocenters. The number of hydrogen-bond acceptors (Lipinski definition) is 4. The first-order valence-corrected chi connectivity index (χ1v) is 7.56. The quantitative estimate of drug-likeness (QED) is 0.712. The third kappa shape index (κ3) is 5.00. The summed E-state index contributed by atoms with van der Waals surface area (Å²) in [5.74, 6) is 1.47. The van der Waals surface area contributed by atoms with Gasteiger partial charge in [0.25, 0.3) is 0 Å². The first-order valence-electron chi connectivity index (χ1n) is 7.56. The second-order valence-electron chi connectivity index (χ2n) is 5.00. The molecule has 0 bridgehead atoms. The Balaban J connectivity index is 2.66. The van der Waals surface area contributed by atoms with Crippen molar-refractivity contribution in [2.24, 2.45) is 0 Å². The largest absolute Gasteiger partial charge is 0.493 e. The van der Waals surface area contributed by atoms with Crippen molar-refractivity contribution >= 4 is 0 Å². The Morgan fingerprint density at radius 2 is 1.95 bits per heavy atom. The number of rotatable bonds is 10. The van der Waals surface area contributed by atoms with Gasteiger partial charge in [-0.15, -0.1) is 0 Å². The highest BCUT2D eigenvalue weighted by molar-refractivity contribution is 5.42. The van der Waals surface area contributed by atoms with E-state index in [4.69, 9.17) is 9.47 Å². The van der Waals surface area contributed by atoms with E-state index in [-0.39, 0.29) is 0 Å². The lowest BCUT2D eigenvalue weighted by Crippen LogP contribution is -2.29. The Hall–Kier alpha value is -1.29. The fourth-order valence-electron chi connectivity index (χ4n) is 2.36. The maximum absolute atomic E-state index is 5.41. The number of methoxy groups -OCH3 is 2. The van der Waals surface area contributed by atoms with Crippen LogP contribution in [0.5, 0.6) is 11.5 Å². The highest BCUT2D eigenvalue weighted by atomic mass is 16.5. The zero-order chi connectivity index (χ0) is 14.8. The molecule has 0 aromatic carbocycles. The minimum atomic E-state index is 0.553. The van der Waals surface area contributed by atoms with Crippen molar-refractivity contribution in [1.82, 2.24) is 10.3 Å². The van der Waals surface area contributed by atoms with Crippen LogP contribution < -0.4 is 14.8 Å². The smallest absolute Gasteiger partial charge is 0.183 e. The molecule has 1 rings (SSSR count). The highest BCUT2D eigenvalue weighted by Crippen LogP contribution is 2.28. The van der Waals surface area contributed by atoms with Gasteiger partial charge in [0.05, 0.1) is 19.9 Å². The molecule has 1 aromatic rings. The lowest BCUT2D eigenvalue weighted by Gasteiger charge is -2.19. The van der Waals surface area contributed by atoms with Crippen LogP contribution in [0.15, 0.2) is 12.3 Å². The third-order valence-electron chi connectivity index (χ3n) is 3.47. The van der Waals surface area contributed by atoms with Crippen molar-refractivity contribution in [2.75, 3.05) is 14.2 Å². The van der Waals surface area contributed by atoms with Crippen molar-refractivity contribution in [3.63, 3.8) is 0 Å². The van der Waals surface area contributed by atoms with E-state index in [2.05, 4.69) is 24.1 Å². The average molecular weight is 280 g/mol. The van der Waals surface area contributed by atoms with Crippen LogP contribution in [-0.4, -0.2) is 25.2 Å². The molecular formula is C16H28N2O2. The fourth-order valence-corrected chi connectivity index (χ4v) is 2.36. The fraction of sp³-hybridized carbons (Fsp3) is 0.688. The van der Waals surface area contributed by atoms with E-state index in [1.54, 1.807) is 20.4 Å². The predicted molar refractivity (Wildman–Crippen MR) is 82.4 cm³/mol. The van der Waals surface area contributed by atoms with Gasteiger partial charge in [0.15, 0.2) is 11.5 Å². The Labute approximate surface area is 122 Å². The zero-order valence-electron chi connectivity index (χ0n) is 13.2. The Bertz CT molecular complexity index is 383. The van der Waals surface area contributed by atoms with Crippen molar-refractivity contribution in [3.05, 3.63) is 18.0 Å². The summed E-state index contributed by atoms with van der Waals surface area (Å²) in [6.45, 7) is 5.18. The van der Waals surface area contributed by atoms with Crippen LogP contribution in [0, 0.1) is 0 Å². The second kappa shape index (κ2) is 9.59. The van der Waals surface area contributed by atoms with E-state index in [1.165, 1.54) is 32.1 Å². The number of nitrogens with zero attached hydrogens (tertiary/aromatic N) is 1. The molecular weight excluding hydrogens is 252 g/mol. The van der Waals surface area contributed by atoms with E-state index in [1.807, 2.05) is 6.07 Å². The number of hydrogen-bond donors (Lipinski definition) is 1. The van der Waals surface area contributed by atoms with Crippen LogP contribution in [0.25, 0.3) is 0 Å². The number of aromatic nitrogens is 1. The molecule has 4 nitrogen and oxygen atoms in total. The van der Waals surface area contributed by atoms with Gasteiger partial charge in [-0.25, -0.2) is 0 Å². The first-order chi connectivity index (χ1) is 9.76. The number of ether oxygens (including phenoxy) is 2. The van der Waals surface area contributed by atoms with Crippen molar-refractivity contribution in [2.45, 2.75) is 58.5 Å². The van der Waals surface area contributed by atoms with Crippen molar-refractivity contribution in [1.29, 1.82) is 0 Å². The molecule has 20 heavy (non-hydrogen) atoms. The van der Waals surface area contributed by atoms with E-state index in [9.17, 15) is 0 Å². The second-order valence-corrected chi connectivity index (χ2v) is 5.00. The molecule has 0 aliphatic rings. The van der Waals surface area contributed by atoms with Crippen LogP contribution in [0.3, 0.4) is 0 Å². The minimum Gasteiger partial charge on any atom is -0.493 e. The van der Waals surface area contributed by atoms with E-state index in [0.29, 0.717) is 6.04 Å². The summed E-state index contributed by atoms with van der Waals surface area (Å²) in [5, 5.41) is 3.60. The number of unbranched alkanes of at least 4 members (excludes halogenated alkanes) is 1. The molecule has 1 aromatic heterocycles. The van der Waals surface area contributed by atoms with Crippen molar-refractivity contribution < 1.29 is 9.47 Å². The van der Waals surface area contributed by atoms with Gasteiger partial charge in [0, 0.05) is 24.8 Å². The summed E-state index contributed by atoms with van der Waals surface area (Å²) in [7, 11) is 3.31. The predicted octanol–water partition coefficient (Wildman–Crippen LogP) is 3.55. The number of nitrogens with one attached hydrogen (secondary N) is 1. The summed E-state index contributed by atoms with van der Waals surface area (Å²) in [4.78, 5) is 4.40. The van der Waals surface area contributed by atoms with Gasteiger partial charge >= 0.3 is 0 Å². The molecule has 0 spiro atoms. The Morgan fingerprint density at radius 1 is 1.15 bits per heavy atom. The van der Waals surface area contributed by atoms with Crippen LogP contribution in [0.4, 0.5) is 0 Å². The highest BCUT2D eigenvalue weighted by Gasteiger charge is 2.13. The minimum absolute atomic E-state index is 0.553. The van der Waals surface area contributed by atoms with Gasteiger partial charge in [-0.3, -0.25) is 4.98 Å². The summed E-state index contributed by atoms with van der Waals surface area (Å²) in [6.07, 6.45) is 7.88. The maximum atomic E-state index is 5.41. The molecule has 4 heteroatoms. The Morgan fingerprint density at radius 3 is 2.55 bits per heavy atom. The maximum Gasteiger partial charge on any atom is 0.183 e. The molecule has 0 saturated carbocycles. The Kier molecular flexibility index (Phi) is 8.04. The van der Waals surface area contributed by atoms with Gasteiger partial charge in [-0.05, 0) is 12.8 Å². The lowest BCUT2D eigenvalue weighted by molar-refractivity contribution is 0.345. The van der Waals surface area contributed by atoms with E-state index in [0.717, 1.165) is 23.7 Å². The van der Waals surface area contributed by atoms with Crippen LogP contribution in [0.2, 0.25) is 0 Å². The summed E-state index contributed by atoms with van der Waals surface area (Å²) in [5.41, 5.74) is 0.907. The van der Waals surface area contributed by atoms with Crippen LogP contribution in [0.1, 0.15) is 51.6 Å². The lowest BCUT2D eigenvalue weighted by atomic mass is 10.1. The van der Waals surface area contributed by atoms with E-state index < -0.39 is 0 Å². The van der Waals surface area contributed by atoms with Crippen LogP contribution >= 0.6 is 0 Å². The molecule has 0 saturated heterocycles. The molecule has 1 N–H and O–H groups in total. The molecule has 1 heterocycles. The summed E-state index contributed by atoms with van der Waals surface area (Å²) < 4.78 is 10.7. The molecule has 0 aliphatic heterocycles. The van der Waals surface area contributed by atoms with Crippen molar-refractivity contribution in [3.8, 4) is 11.5 Å². The monoisotopic (exact) mass is 280 g/mol. The number of pyridine rings is 1. The standard InChI is InChI=1S/C16H28N2O2/c1-5-7-9-13(8-6-2)18-12-14-16(20-4)15(19-3)10-11-17-14/h10-11,13,18H,5-9,12H2,1-4H3. The SMILES string of the molecule is CCCCC(CCC)NCc1nccc(OC)c1OC. The van der Waals surface area contributed by atoms with E-state index >= 15 is 0 Å².